The molecule has 120 valence electrons. The van der Waals surface area contributed by atoms with E-state index in [1.165, 1.54) is 14.0 Å². The number of benzene rings is 2. The number of carbonyl (C=O) groups excluding carboxylic acids is 2. The number of ether oxygens (including phenoxy) is 2. The Kier molecular flexibility index (Phi) is 6.07. The van der Waals surface area contributed by atoms with Crippen LogP contribution >= 0.6 is 15.9 Å². The van der Waals surface area contributed by atoms with Crippen LogP contribution in [0.25, 0.3) is 0 Å². The minimum Gasteiger partial charge on any atom is -0.426 e. The van der Waals surface area contributed by atoms with Gasteiger partial charge in [0.25, 0.3) is 0 Å². The summed E-state index contributed by atoms with van der Waals surface area (Å²) in [6.07, 6.45) is -0.585. The van der Waals surface area contributed by atoms with Gasteiger partial charge < -0.3 is 9.47 Å². The lowest BCUT2D eigenvalue weighted by Crippen LogP contribution is -2.24. The van der Waals surface area contributed by atoms with E-state index in [1.807, 2.05) is 18.2 Å². The van der Waals surface area contributed by atoms with Crippen LogP contribution in [0.4, 0.5) is 0 Å². The van der Waals surface area contributed by atoms with Gasteiger partial charge in [0.2, 0.25) is 0 Å². The number of Topliss-reactive ketones (excluding diaryl/α,β-unsaturated/α-hetero) is 1. The van der Waals surface area contributed by atoms with Crippen LogP contribution in [0.3, 0.4) is 0 Å². The Bertz CT molecular complexity index is 684. The number of hydrogen-bond donors (Lipinski definition) is 0. The zero-order valence-corrected chi connectivity index (χ0v) is 14.4. The summed E-state index contributed by atoms with van der Waals surface area (Å²) in [5.41, 5.74) is 1.22. The van der Waals surface area contributed by atoms with Crippen LogP contribution in [-0.2, 0) is 9.53 Å². The fraction of sp³-hybridized carbons (Fsp3) is 0.222. The number of rotatable bonds is 6. The number of halogens is 1. The first-order valence-corrected chi connectivity index (χ1v) is 7.99. The van der Waals surface area contributed by atoms with Gasteiger partial charge in [-0.15, -0.1) is 0 Å². The number of ketones is 1. The normalized spacial score (nSPS) is 13.2. The Balaban J connectivity index is 2.32. The van der Waals surface area contributed by atoms with Gasteiger partial charge in [-0.1, -0.05) is 64.5 Å². The molecule has 0 radical (unpaired) electrons. The summed E-state index contributed by atoms with van der Waals surface area (Å²) in [7, 11) is 1.52. The van der Waals surface area contributed by atoms with Crippen molar-refractivity contribution < 1.29 is 19.1 Å². The Morgan fingerprint density at radius 3 is 2.22 bits per heavy atom. The molecule has 2 aromatic carbocycles. The molecule has 2 aromatic rings. The molecule has 4 nitrogen and oxygen atoms in total. The van der Waals surface area contributed by atoms with Gasteiger partial charge in [0.15, 0.2) is 5.78 Å². The molecule has 0 bridgehead atoms. The summed E-state index contributed by atoms with van der Waals surface area (Å²) in [6, 6.07) is 16.0. The lowest BCUT2D eigenvalue weighted by Gasteiger charge is -2.22. The highest BCUT2D eigenvalue weighted by Crippen LogP contribution is 2.34. The van der Waals surface area contributed by atoms with Crippen molar-refractivity contribution >= 4 is 27.7 Å². The summed E-state index contributed by atoms with van der Waals surface area (Å²) in [6.45, 7) is 1.33. The van der Waals surface area contributed by atoms with Gasteiger partial charge in [-0.2, -0.15) is 0 Å². The Labute approximate surface area is 143 Å². The second-order valence-electron chi connectivity index (χ2n) is 4.92. The molecule has 0 aliphatic carbocycles. The molecule has 0 heterocycles. The van der Waals surface area contributed by atoms with E-state index in [0.717, 1.165) is 0 Å². The Hall–Kier alpha value is -1.98. The third kappa shape index (κ3) is 4.27. The smallest absolute Gasteiger partial charge is 0.308 e. The van der Waals surface area contributed by atoms with Gasteiger partial charge in [0, 0.05) is 25.2 Å². The molecule has 0 unspecified atom stereocenters. The predicted octanol–water partition coefficient (Wildman–Crippen LogP) is 3.95. The molecule has 2 rings (SSSR count). The number of esters is 1. The summed E-state index contributed by atoms with van der Waals surface area (Å²) >= 11 is 3.43. The maximum atomic E-state index is 12.6. The van der Waals surface area contributed by atoms with E-state index in [2.05, 4.69) is 15.9 Å². The molecule has 0 aliphatic rings. The monoisotopic (exact) mass is 376 g/mol. The van der Waals surface area contributed by atoms with E-state index in [9.17, 15) is 9.59 Å². The van der Waals surface area contributed by atoms with Gasteiger partial charge in [-0.05, 0) is 6.07 Å². The van der Waals surface area contributed by atoms with Gasteiger partial charge in [-0.25, -0.2) is 0 Å². The SMILES string of the molecule is CO[C@H](c1ccccc1OC(C)=O)[C@@H](Br)C(=O)c1ccccc1. The van der Waals surface area contributed by atoms with E-state index < -0.39 is 16.9 Å². The van der Waals surface area contributed by atoms with Gasteiger partial charge in [0.05, 0.1) is 0 Å². The topological polar surface area (TPSA) is 52.6 Å². The summed E-state index contributed by atoms with van der Waals surface area (Å²) in [5.74, 6) is -0.139. The van der Waals surface area contributed by atoms with Crippen LogP contribution in [0.15, 0.2) is 54.6 Å². The second-order valence-corrected chi connectivity index (χ2v) is 5.91. The lowest BCUT2D eigenvalue weighted by atomic mass is 9.99. The average Bonchev–Trinajstić information content (AvgIpc) is 2.56. The van der Waals surface area contributed by atoms with Crippen molar-refractivity contribution in [1.82, 2.24) is 0 Å². The Morgan fingerprint density at radius 2 is 1.61 bits per heavy atom. The zero-order valence-electron chi connectivity index (χ0n) is 12.9. The predicted molar refractivity (Wildman–Crippen MR) is 91.0 cm³/mol. The first kappa shape index (κ1) is 17.4. The number of hydrogen-bond acceptors (Lipinski definition) is 4. The van der Waals surface area contributed by atoms with Crippen LogP contribution in [-0.4, -0.2) is 23.7 Å². The van der Waals surface area contributed by atoms with Crippen LogP contribution < -0.4 is 4.74 Å². The molecule has 23 heavy (non-hydrogen) atoms. The molecule has 2 atom stereocenters. The van der Waals surface area contributed by atoms with E-state index in [-0.39, 0.29) is 5.78 Å². The fourth-order valence-electron chi connectivity index (χ4n) is 2.27. The second kappa shape index (κ2) is 8.04. The molecule has 5 heteroatoms. The van der Waals surface area contributed by atoms with Crippen LogP contribution in [0, 0.1) is 0 Å². The average molecular weight is 377 g/mol. The standard InChI is InChI=1S/C18H17BrO4/c1-12(20)23-15-11-7-6-10-14(15)18(22-2)16(19)17(21)13-8-4-3-5-9-13/h3-11,16,18H,1-2H3/t16-,18+/m0/s1. The number of carbonyl (C=O) groups is 2. The van der Waals surface area contributed by atoms with Crippen molar-refractivity contribution in [2.45, 2.75) is 17.9 Å². The van der Waals surface area contributed by atoms with E-state index in [4.69, 9.17) is 9.47 Å². The first-order valence-electron chi connectivity index (χ1n) is 7.08. The van der Waals surface area contributed by atoms with Crippen molar-refractivity contribution in [3.63, 3.8) is 0 Å². The van der Waals surface area contributed by atoms with Crippen molar-refractivity contribution in [3.05, 3.63) is 65.7 Å². The molecule has 0 spiro atoms. The van der Waals surface area contributed by atoms with Crippen molar-refractivity contribution in [3.8, 4) is 5.75 Å². The molecule has 0 saturated carbocycles. The number of methoxy groups -OCH3 is 1. The third-order valence-corrected chi connectivity index (χ3v) is 4.20. The molecule has 0 N–H and O–H groups in total. The summed E-state index contributed by atoms with van der Waals surface area (Å²) in [5, 5.41) is 0. The minimum absolute atomic E-state index is 0.102. The first-order chi connectivity index (χ1) is 11.0. The van der Waals surface area contributed by atoms with Gasteiger partial charge >= 0.3 is 5.97 Å². The van der Waals surface area contributed by atoms with Crippen LogP contribution in [0.1, 0.15) is 28.9 Å². The van der Waals surface area contributed by atoms with Crippen molar-refractivity contribution in [1.29, 1.82) is 0 Å². The minimum atomic E-state index is -0.605. The van der Waals surface area contributed by atoms with Crippen LogP contribution in [0.5, 0.6) is 5.75 Å². The largest absolute Gasteiger partial charge is 0.426 e. The Morgan fingerprint density at radius 1 is 1.00 bits per heavy atom. The molecule has 0 aliphatic heterocycles. The molecular weight excluding hydrogens is 360 g/mol. The summed E-state index contributed by atoms with van der Waals surface area (Å²) in [4.78, 5) is 23.3. The summed E-state index contributed by atoms with van der Waals surface area (Å²) < 4.78 is 10.7. The van der Waals surface area contributed by atoms with E-state index in [1.54, 1.807) is 36.4 Å². The van der Waals surface area contributed by atoms with Crippen molar-refractivity contribution in [2.24, 2.45) is 0 Å². The molecule has 0 amide bonds. The third-order valence-electron chi connectivity index (χ3n) is 3.31. The highest BCUT2D eigenvalue weighted by Gasteiger charge is 2.30. The lowest BCUT2D eigenvalue weighted by molar-refractivity contribution is -0.132. The van der Waals surface area contributed by atoms with Gasteiger partial charge in [-0.3, -0.25) is 9.59 Å². The molecule has 0 saturated heterocycles. The zero-order chi connectivity index (χ0) is 16.8. The number of para-hydroxylation sites is 1. The molecule has 0 fully saturated rings. The quantitative estimate of drug-likeness (QED) is 0.331. The van der Waals surface area contributed by atoms with E-state index >= 15 is 0 Å². The fourth-order valence-corrected chi connectivity index (χ4v) is 3.03. The highest BCUT2D eigenvalue weighted by molar-refractivity contribution is 9.10. The molecular formula is C18H17BrO4. The van der Waals surface area contributed by atoms with Gasteiger partial charge in [0.1, 0.15) is 16.7 Å². The number of alkyl halides is 1. The van der Waals surface area contributed by atoms with Crippen molar-refractivity contribution in [2.75, 3.05) is 7.11 Å². The maximum Gasteiger partial charge on any atom is 0.308 e. The maximum absolute atomic E-state index is 12.6. The van der Waals surface area contributed by atoms with E-state index in [0.29, 0.717) is 16.9 Å². The highest BCUT2D eigenvalue weighted by atomic mass is 79.9. The van der Waals surface area contributed by atoms with Crippen LogP contribution in [0.2, 0.25) is 0 Å². The molecule has 0 aromatic heterocycles.